The van der Waals surface area contributed by atoms with E-state index in [2.05, 4.69) is 20.8 Å². The van der Waals surface area contributed by atoms with Crippen LogP contribution in [-0.2, 0) is 0 Å². The second-order valence-corrected chi connectivity index (χ2v) is 5.37. The van der Waals surface area contributed by atoms with Gasteiger partial charge in [-0.25, -0.2) is 0 Å². The Labute approximate surface area is 83.1 Å². The molecule has 0 heterocycles. The van der Waals surface area contributed by atoms with Crippen molar-refractivity contribution in [3.05, 3.63) is 0 Å². The molecule has 0 aromatic rings. The van der Waals surface area contributed by atoms with E-state index in [4.69, 9.17) is 5.73 Å². The van der Waals surface area contributed by atoms with Gasteiger partial charge in [0.25, 0.3) is 0 Å². The van der Waals surface area contributed by atoms with Crippen molar-refractivity contribution in [1.82, 2.24) is 0 Å². The standard InChI is InChI=1S/C12H25N/c1-10(2)12(3,9-13)8-11-6-4-5-7-11/h10-11H,4-9,13H2,1-3H3. The van der Waals surface area contributed by atoms with Gasteiger partial charge in [0.15, 0.2) is 0 Å². The van der Waals surface area contributed by atoms with Gasteiger partial charge in [0.2, 0.25) is 0 Å². The predicted octanol–water partition coefficient (Wildman–Crippen LogP) is 3.19. The summed E-state index contributed by atoms with van der Waals surface area (Å²) in [5.41, 5.74) is 6.27. The molecule has 0 saturated heterocycles. The maximum atomic E-state index is 5.89. The first-order valence-corrected chi connectivity index (χ1v) is 5.78. The van der Waals surface area contributed by atoms with E-state index in [1.54, 1.807) is 0 Å². The van der Waals surface area contributed by atoms with Gasteiger partial charge in [-0.1, -0.05) is 46.5 Å². The largest absolute Gasteiger partial charge is 0.330 e. The normalized spacial score (nSPS) is 23.8. The highest BCUT2D eigenvalue weighted by Gasteiger charge is 2.31. The van der Waals surface area contributed by atoms with Gasteiger partial charge in [0, 0.05) is 0 Å². The molecule has 78 valence electrons. The van der Waals surface area contributed by atoms with Crippen LogP contribution in [0.15, 0.2) is 0 Å². The third-order valence-electron chi connectivity index (χ3n) is 4.09. The fourth-order valence-corrected chi connectivity index (χ4v) is 2.43. The smallest absolute Gasteiger partial charge is 0.00206 e. The van der Waals surface area contributed by atoms with Crippen molar-refractivity contribution >= 4 is 0 Å². The first-order valence-electron chi connectivity index (χ1n) is 5.78. The van der Waals surface area contributed by atoms with Crippen LogP contribution in [0.2, 0.25) is 0 Å². The molecule has 13 heavy (non-hydrogen) atoms. The van der Waals surface area contributed by atoms with Crippen LogP contribution in [0.4, 0.5) is 0 Å². The molecule has 1 nitrogen and oxygen atoms in total. The zero-order chi connectivity index (χ0) is 9.90. The average molecular weight is 183 g/mol. The summed E-state index contributed by atoms with van der Waals surface area (Å²) in [7, 11) is 0. The molecule has 0 spiro atoms. The second kappa shape index (κ2) is 4.45. The summed E-state index contributed by atoms with van der Waals surface area (Å²) in [6, 6.07) is 0. The minimum absolute atomic E-state index is 0.384. The van der Waals surface area contributed by atoms with Crippen molar-refractivity contribution in [2.24, 2.45) is 23.0 Å². The summed E-state index contributed by atoms with van der Waals surface area (Å²) in [6.07, 6.45) is 7.14. The van der Waals surface area contributed by atoms with E-state index in [0.717, 1.165) is 18.4 Å². The third-order valence-corrected chi connectivity index (χ3v) is 4.09. The van der Waals surface area contributed by atoms with Crippen molar-refractivity contribution in [3.8, 4) is 0 Å². The Morgan fingerprint density at radius 2 is 1.85 bits per heavy atom. The van der Waals surface area contributed by atoms with Crippen molar-refractivity contribution in [1.29, 1.82) is 0 Å². The molecular formula is C12H25N. The van der Waals surface area contributed by atoms with Crippen LogP contribution in [0.5, 0.6) is 0 Å². The summed E-state index contributed by atoms with van der Waals surface area (Å²) < 4.78 is 0. The van der Waals surface area contributed by atoms with Crippen molar-refractivity contribution in [2.45, 2.75) is 52.9 Å². The number of rotatable bonds is 4. The lowest BCUT2D eigenvalue weighted by molar-refractivity contribution is 0.172. The van der Waals surface area contributed by atoms with Gasteiger partial charge in [-0.15, -0.1) is 0 Å². The Hall–Kier alpha value is -0.0400. The van der Waals surface area contributed by atoms with Crippen molar-refractivity contribution in [3.63, 3.8) is 0 Å². The Bertz CT molecular complexity index is 147. The van der Waals surface area contributed by atoms with E-state index in [1.165, 1.54) is 32.1 Å². The quantitative estimate of drug-likeness (QED) is 0.711. The molecular weight excluding hydrogens is 158 g/mol. The highest BCUT2D eigenvalue weighted by atomic mass is 14.6. The zero-order valence-corrected chi connectivity index (χ0v) is 9.47. The van der Waals surface area contributed by atoms with Gasteiger partial charge in [0.05, 0.1) is 0 Å². The van der Waals surface area contributed by atoms with Crippen molar-refractivity contribution < 1.29 is 0 Å². The van der Waals surface area contributed by atoms with Crippen LogP contribution in [0.1, 0.15) is 52.9 Å². The van der Waals surface area contributed by atoms with E-state index in [9.17, 15) is 0 Å². The molecule has 0 amide bonds. The Kier molecular flexibility index (Phi) is 3.78. The fraction of sp³-hybridized carbons (Fsp3) is 1.00. The fourth-order valence-electron chi connectivity index (χ4n) is 2.43. The first kappa shape index (κ1) is 11.0. The molecule has 0 aromatic carbocycles. The second-order valence-electron chi connectivity index (χ2n) is 5.37. The lowest BCUT2D eigenvalue weighted by Crippen LogP contribution is -2.34. The Morgan fingerprint density at radius 3 is 2.23 bits per heavy atom. The summed E-state index contributed by atoms with van der Waals surface area (Å²) in [4.78, 5) is 0. The van der Waals surface area contributed by atoms with E-state index in [0.29, 0.717) is 5.41 Å². The lowest BCUT2D eigenvalue weighted by atomic mass is 9.72. The molecule has 1 heteroatoms. The zero-order valence-electron chi connectivity index (χ0n) is 9.47. The molecule has 1 fully saturated rings. The van der Waals surface area contributed by atoms with Gasteiger partial charge >= 0.3 is 0 Å². The van der Waals surface area contributed by atoms with Crippen LogP contribution in [-0.4, -0.2) is 6.54 Å². The van der Waals surface area contributed by atoms with E-state index < -0.39 is 0 Å². The molecule has 2 N–H and O–H groups in total. The molecule has 1 aliphatic rings. The number of hydrogen-bond donors (Lipinski definition) is 1. The van der Waals surface area contributed by atoms with Crippen molar-refractivity contribution in [2.75, 3.05) is 6.54 Å². The van der Waals surface area contributed by atoms with Gasteiger partial charge in [0.1, 0.15) is 0 Å². The molecule has 0 aliphatic heterocycles. The van der Waals surface area contributed by atoms with Gasteiger partial charge in [-0.3, -0.25) is 0 Å². The maximum Gasteiger partial charge on any atom is -0.00206 e. The van der Waals surface area contributed by atoms with E-state index in [1.807, 2.05) is 0 Å². The molecule has 1 rings (SSSR count). The maximum absolute atomic E-state index is 5.89. The molecule has 1 aliphatic carbocycles. The molecule has 0 radical (unpaired) electrons. The Morgan fingerprint density at radius 1 is 1.31 bits per heavy atom. The van der Waals surface area contributed by atoms with E-state index >= 15 is 0 Å². The summed E-state index contributed by atoms with van der Waals surface area (Å²) in [6.45, 7) is 7.82. The molecule has 0 bridgehead atoms. The van der Waals surface area contributed by atoms with Gasteiger partial charge in [-0.05, 0) is 30.2 Å². The molecule has 0 aromatic heterocycles. The third kappa shape index (κ3) is 2.70. The highest BCUT2D eigenvalue weighted by molar-refractivity contribution is 4.83. The SMILES string of the molecule is CC(C)C(C)(CN)CC1CCCC1. The van der Waals surface area contributed by atoms with Crippen LogP contribution < -0.4 is 5.73 Å². The van der Waals surface area contributed by atoms with Gasteiger partial charge in [-0.2, -0.15) is 0 Å². The summed E-state index contributed by atoms with van der Waals surface area (Å²) in [5, 5.41) is 0. The van der Waals surface area contributed by atoms with Crippen LogP contribution in [0.3, 0.4) is 0 Å². The monoisotopic (exact) mass is 183 g/mol. The highest BCUT2D eigenvalue weighted by Crippen LogP contribution is 2.39. The topological polar surface area (TPSA) is 26.0 Å². The predicted molar refractivity (Wildman–Crippen MR) is 58.6 cm³/mol. The number of hydrogen-bond acceptors (Lipinski definition) is 1. The molecule has 1 unspecified atom stereocenters. The first-order chi connectivity index (χ1) is 6.08. The van der Waals surface area contributed by atoms with Crippen LogP contribution in [0.25, 0.3) is 0 Å². The van der Waals surface area contributed by atoms with Gasteiger partial charge < -0.3 is 5.73 Å². The lowest BCUT2D eigenvalue weighted by Gasteiger charge is -2.35. The summed E-state index contributed by atoms with van der Waals surface area (Å²) in [5.74, 6) is 1.69. The molecule has 1 atom stereocenters. The minimum Gasteiger partial charge on any atom is -0.330 e. The summed E-state index contributed by atoms with van der Waals surface area (Å²) >= 11 is 0. The number of nitrogens with two attached hydrogens (primary N) is 1. The van der Waals surface area contributed by atoms with E-state index in [-0.39, 0.29) is 0 Å². The molecule has 1 saturated carbocycles. The Balaban J connectivity index is 2.46. The minimum atomic E-state index is 0.384. The van der Waals surface area contributed by atoms with Crippen LogP contribution in [0, 0.1) is 17.3 Å². The average Bonchev–Trinajstić information content (AvgIpc) is 2.56. The van der Waals surface area contributed by atoms with Crippen LogP contribution >= 0.6 is 0 Å².